The summed E-state index contributed by atoms with van der Waals surface area (Å²) >= 11 is 0. The van der Waals surface area contributed by atoms with Crippen LogP contribution in [0.1, 0.15) is 33.5 Å². The first-order valence-corrected chi connectivity index (χ1v) is 15.6. The van der Waals surface area contributed by atoms with Gasteiger partial charge >= 0.3 is 0 Å². The molecule has 7 aromatic rings. The first-order valence-electron chi connectivity index (χ1n) is 15.6. The summed E-state index contributed by atoms with van der Waals surface area (Å²) in [7, 11) is 6.13. The molecule has 0 aliphatic heterocycles. The van der Waals surface area contributed by atoms with Gasteiger partial charge in [0.05, 0.1) is 5.69 Å². The quantitative estimate of drug-likeness (QED) is 0.167. The number of para-hydroxylation sites is 3. The van der Waals surface area contributed by atoms with Gasteiger partial charge in [-0.3, -0.25) is 0 Å². The Labute approximate surface area is 297 Å². The average Bonchev–Trinajstić information content (AvgIpc) is 3.85. The number of hydrogen-bond acceptors (Lipinski definition) is 0. The summed E-state index contributed by atoms with van der Waals surface area (Å²) in [6.45, 7) is 0. The van der Waals surface area contributed by atoms with Crippen molar-refractivity contribution in [1.82, 2.24) is 9.13 Å². The van der Waals surface area contributed by atoms with E-state index in [2.05, 4.69) is 132 Å². The molecule has 2 heterocycles. The van der Waals surface area contributed by atoms with Crippen LogP contribution in [0.5, 0.6) is 0 Å². The molecule has 0 saturated heterocycles. The Morgan fingerprint density at radius 2 is 1.35 bits per heavy atom. The SMILES string of the molecule is C[N-]c1ccccc1Cc1[c-]cccc1.Cn1c2c(c3ccccc31)CC=C2.Cn1c2c(c3ccccc31)Cc1ccccc1-2.[Y]. The van der Waals surface area contributed by atoms with E-state index in [1.54, 1.807) is 0 Å². The zero-order valence-electron chi connectivity index (χ0n) is 26.7. The molecule has 0 amide bonds. The summed E-state index contributed by atoms with van der Waals surface area (Å²) in [5, 5.41) is 7.06. The summed E-state index contributed by atoms with van der Waals surface area (Å²) in [6.07, 6.45) is 7.52. The van der Waals surface area contributed by atoms with Gasteiger partial charge in [-0.1, -0.05) is 96.6 Å². The maximum atomic E-state index is 4.25. The fourth-order valence-corrected chi connectivity index (χ4v) is 6.92. The number of benzene rings is 5. The maximum Gasteiger partial charge on any atom is 0.0527 e. The molecule has 2 aromatic heterocycles. The first-order chi connectivity index (χ1) is 22.1. The van der Waals surface area contributed by atoms with Gasteiger partial charge in [0.25, 0.3) is 0 Å². The van der Waals surface area contributed by atoms with Crippen LogP contribution in [0.2, 0.25) is 0 Å². The van der Waals surface area contributed by atoms with Crippen LogP contribution in [-0.4, -0.2) is 16.2 Å². The van der Waals surface area contributed by atoms with Crippen LogP contribution in [0.25, 0.3) is 44.5 Å². The minimum absolute atomic E-state index is 0. The van der Waals surface area contributed by atoms with E-state index in [0.717, 1.165) is 24.9 Å². The number of allylic oxidation sites excluding steroid dienone is 1. The first kappa shape index (κ1) is 31.8. The van der Waals surface area contributed by atoms with Gasteiger partial charge in [0.1, 0.15) is 0 Å². The third-order valence-electron chi connectivity index (χ3n) is 9.10. The maximum absolute atomic E-state index is 4.25. The van der Waals surface area contributed by atoms with Gasteiger partial charge in [-0.15, -0.1) is 12.7 Å². The molecule has 225 valence electrons. The van der Waals surface area contributed by atoms with Crippen LogP contribution in [0.4, 0.5) is 5.69 Å². The van der Waals surface area contributed by atoms with Gasteiger partial charge in [0, 0.05) is 86.3 Å². The molecule has 1 radical (unpaired) electrons. The van der Waals surface area contributed by atoms with Crippen LogP contribution >= 0.6 is 0 Å². The van der Waals surface area contributed by atoms with Crippen molar-refractivity contribution in [2.45, 2.75) is 19.3 Å². The van der Waals surface area contributed by atoms with E-state index in [4.69, 9.17) is 0 Å². The van der Waals surface area contributed by atoms with Crippen LogP contribution in [0.3, 0.4) is 0 Å². The molecule has 0 unspecified atom stereocenters. The molecule has 5 aromatic carbocycles. The Bertz CT molecular complexity index is 2150. The molecule has 2 aliphatic rings. The molecule has 0 spiro atoms. The second kappa shape index (κ2) is 14.1. The molecular weight excluding hydrogens is 635 g/mol. The molecule has 3 nitrogen and oxygen atoms in total. The Hall–Kier alpha value is -4.18. The van der Waals surface area contributed by atoms with Crippen molar-refractivity contribution >= 4 is 33.6 Å². The Morgan fingerprint density at radius 1 is 0.696 bits per heavy atom. The van der Waals surface area contributed by atoms with Gasteiger partial charge in [-0.25, -0.2) is 0 Å². The predicted octanol–water partition coefficient (Wildman–Crippen LogP) is 10.2. The molecule has 2 aliphatic carbocycles. The minimum atomic E-state index is 0. The summed E-state index contributed by atoms with van der Waals surface area (Å²) in [4.78, 5) is 0. The van der Waals surface area contributed by atoms with Crippen LogP contribution in [-0.2, 0) is 66.1 Å². The minimum Gasteiger partial charge on any atom is -0.687 e. The van der Waals surface area contributed by atoms with Crippen molar-refractivity contribution in [3.63, 3.8) is 0 Å². The summed E-state index contributed by atoms with van der Waals surface area (Å²) in [5.41, 5.74) is 14.8. The van der Waals surface area contributed by atoms with Crippen molar-refractivity contribution in [3.8, 4) is 11.3 Å². The monoisotopic (exact) mass is 672 g/mol. The van der Waals surface area contributed by atoms with Crippen molar-refractivity contribution in [2.24, 2.45) is 14.1 Å². The second-order valence-electron chi connectivity index (χ2n) is 11.7. The molecule has 0 fully saturated rings. The van der Waals surface area contributed by atoms with E-state index in [0.29, 0.717) is 0 Å². The van der Waals surface area contributed by atoms with Crippen molar-refractivity contribution in [2.75, 3.05) is 7.05 Å². The van der Waals surface area contributed by atoms with E-state index in [-0.39, 0.29) is 32.7 Å². The smallest absolute Gasteiger partial charge is 0.0527 e. The topological polar surface area (TPSA) is 24.0 Å². The fourth-order valence-electron chi connectivity index (χ4n) is 6.92. The number of fused-ring (bicyclic) bond motifs is 8. The van der Waals surface area contributed by atoms with E-state index >= 15 is 0 Å². The van der Waals surface area contributed by atoms with E-state index < -0.39 is 0 Å². The third kappa shape index (κ3) is 6.02. The molecule has 4 heteroatoms. The Morgan fingerprint density at radius 3 is 2.11 bits per heavy atom. The van der Waals surface area contributed by atoms with Gasteiger partial charge in [0.2, 0.25) is 0 Å². The molecule has 0 bridgehead atoms. The van der Waals surface area contributed by atoms with Crippen LogP contribution in [0, 0.1) is 6.07 Å². The van der Waals surface area contributed by atoms with Crippen molar-refractivity contribution in [1.29, 1.82) is 0 Å². The molecule has 0 saturated carbocycles. The summed E-state index contributed by atoms with van der Waals surface area (Å²) in [5.74, 6) is 0. The third-order valence-corrected chi connectivity index (χ3v) is 9.10. The molecule has 0 N–H and O–H groups in total. The number of rotatable bonds is 3. The zero-order chi connectivity index (χ0) is 30.8. The average molecular weight is 673 g/mol. The second-order valence-corrected chi connectivity index (χ2v) is 11.7. The molecule has 9 rings (SSSR count). The van der Waals surface area contributed by atoms with Crippen LogP contribution in [0.15, 0.2) is 127 Å². The van der Waals surface area contributed by atoms with Crippen molar-refractivity contribution in [3.05, 3.63) is 172 Å². The van der Waals surface area contributed by atoms with Gasteiger partial charge in [-0.05, 0) is 47.7 Å². The van der Waals surface area contributed by atoms with E-state index in [1.165, 1.54) is 66.6 Å². The Balaban J connectivity index is 0.000000121. The normalized spacial score (nSPS) is 11.9. The largest absolute Gasteiger partial charge is 0.687 e. The predicted molar refractivity (Wildman–Crippen MR) is 190 cm³/mol. The standard InChI is InChI=1S/C16H13N.C14H13N.C12H11N.Y/c1-17-15-9-5-4-8-13(15)14-10-11-6-2-3-7-12(11)16(14)17;1-15-14-10-6-5-9-13(14)11-12-7-3-2-4-8-12;1-13-11-7-3-2-5-9(11)10-6-4-8-12(10)13;/h2-9H,10H2,1H3;2-7,9-10H,11H2,1H3;2-5,7-8H,6H2,1H3;/q;-2;;. The summed E-state index contributed by atoms with van der Waals surface area (Å²) in [6, 6.07) is 45.5. The number of hydrogen-bond donors (Lipinski definition) is 0. The molecular formula is C42H37N3Y-2. The Kier molecular flexibility index (Phi) is 9.73. The van der Waals surface area contributed by atoms with E-state index in [1.807, 2.05) is 43.4 Å². The van der Waals surface area contributed by atoms with Gasteiger partial charge in [0.15, 0.2) is 0 Å². The fraction of sp³-hybridized carbons (Fsp3) is 0.143. The number of aryl methyl sites for hydroxylation is 2. The van der Waals surface area contributed by atoms with Crippen LogP contribution < -0.4 is 0 Å². The number of nitrogens with zero attached hydrogens (tertiary/aromatic N) is 3. The number of aromatic nitrogens is 2. The summed E-state index contributed by atoms with van der Waals surface area (Å²) < 4.78 is 4.60. The van der Waals surface area contributed by atoms with E-state index in [9.17, 15) is 0 Å². The zero-order valence-corrected chi connectivity index (χ0v) is 29.6. The van der Waals surface area contributed by atoms with Gasteiger partial charge in [-0.2, -0.15) is 35.9 Å². The van der Waals surface area contributed by atoms with Crippen molar-refractivity contribution < 1.29 is 32.7 Å². The van der Waals surface area contributed by atoms with Gasteiger partial charge < -0.3 is 14.5 Å². The molecule has 46 heavy (non-hydrogen) atoms. The molecule has 0 atom stereocenters.